The summed E-state index contributed by atoms with van der Waals surface area (Å²) in [5.41, 5.74) is 8.02. The van der Waals surface area contributed by atoms with Crippen LogP contribution in [-0.4, -0.2) is 9.78 Å². The zero-order valence-electron chi connectivity index (χ0n) is 8.43. The van der Waals surface area contributed by atoms with Gasteiger partial charge < -0.3 is 5.73 Å². The minimum Gasteiger partial charge on any atom is -0.384 e. The van der Waals surface area contributed by atoms with Gasteiger partial charge in [-0.1, -0.05) is 30.3 Å². The lowest BCUT2D eigenvalue weighted by Crippen LogP contribution is -2.01. The average molecular weight is 199 g/mol. The van der Waals surface area contributed by atoms with Gasteiger partial charge in [-0.25, -0.2) is 4.68 Å². The molecule has 3 heteroatoms. The smallest absolute Gasteiger partial charge is 0.122 e. The van der Waals surface area contributed by atoms with Crippen molar-refractivity contribution in [3.05, 3.63) is 36.4 Å². The molecule has 0 bridgehead atoms. The van der Waals surface area contributed by atoms with E-state index in [0.717, 1.165) is 17.1 Å². The molecule has 0 spiro atoms. The molecule has 1 saturated carbocycles. The van der Waals surface area contributed by atoms with Crippen molar-refractivity contribution in [3.63, 3.8) is 0 Å². The summed E-state index contributed by atoms with van der Waals surface area (Å²) >= 11 is 0. The molecule has 3 nitrogen and oxygen atoms in total. The van der Waals surface area contributed by atoms with Gasteiger partial charge in [-0.05, 0) is 12.8 Å². The molecule has 1 aromatic carbocycles. The first kappa shape index (κ1) is 8.53. The normalized spacial score (nSPS) is 15.5. The minimum atomic E-state index is 0.544. The van der Waals surface area contributed by atoms with Crippen molar-refractivity contribution in [3.8, 4) is 11.3 Å². The quantitative estimate of drug-likeness (QED) is 0.807. The van der Waals surface area contributed by atoms with Crippen LogP contribution in [0.25, 0.3) is 11.3 Å². The molecule has 2 N–H and O–H groups in total. The van der Waals surface area contributed by atoms with Gasteiger partial charge in [-0.3, -0.25) is 0 Å². The molecule has 0 radical (unpaired) electrons. The first-order valence-corrected chi connectivity index (χ1v) is 5.25. The molecule has 1 aliphatic carbocycles. The van der Waals surface area contributed by atoms with Crippen LogP contribution >= 0.6 is 0 Å². The molecule has 0 unspecified atom stereocenters. The maximum Gasteiger partial charge on any atom is 0.122 e. The fourth-order valence-corrected chi connectivity index (χ4v) is 1.77. The highest BCUT2D eigenvalue weighted by atomic mass is 15.3. The lowest BCUT2D eigenvalue weighted by atomic mass is 10.2. The summed E-state index contributed by atoms with van der Waals surface area (Å²) in [4.78, 5) is 0. The summed E-state index contributed by atoms with van der Waals surface area (Å²) in [6, 6.07) is 12.6. The molecular weight excluding hydrogens is 186 g/mol. The zero-order chi connectivity index (χ0) is 10.3. The molecular formula is C12H13N3. The standard InChI is InChI=1S/C12H13N3/c13-12-8-11(9-4-2-1-3-5-9)14-15(12)10-6-7-10/h1-5,8,10H,6-7,13H2. The van der Waals surface area contributed by atoms with E-state index in [0.29, 0.717) is 6.04 Å². The van der Waals surface area contributed by atoms with E-state index >= 15 is 0 Å². The summed E-state index contributed by atoms with van der Waals surface area (Å²) in [5, 5.41) is 4.53. The van der Waals surface area contributed by atoms with Crippen LogP contribution in [0.5, 0.6) is 0 Å². The summed E-state index contributed by atoms with van der Waals surface area (Å²) < 4.78 is 1.95. The zero-order valence-corrected chi connectivity index (χ0v) is 8.43. The van der Waals surface area contributed by atoms with Crippen molar-refractivity contribution >= 4 is 5.82 Å². The third-order valence-electron chi connectivity index (χ3n) is 2.73. The van der Waals surface area contributed by atoms with Crippen molar-refractivity contribution in [1.29, 1.82) is 0 Å². The van der Waals surface area contributed by atoms with Crippen LogP contribution in [0.15, 0.2) is 36.4 Å². The van der Waals surface area contributed by atoms with Crippen molar-refractivity contribution in [2.75, 3.05) is 5.73 Å². The molecule has 3 rings (SSSR count). The maximum atomic E-state index is 5.92. The minimum absolute atomic E-state index is 0.544. The fraction of sp³-hybridized carbons (Fsp3) is 0.250. The molecule has 0 saturated heterocycles. The van der Waals surface area contributed by atoms with Crippen molar-refractivity contribution in [1.82, 2.24) is 9.78 Å². The van der Waals surface area contributed by atoms with E-state index in [9.17, 15) is 0 Å². The number of benzene rings is 1. The van der Waals surface area contributed by atoms with Crippen LogP contribution in [0.1, 0.15) is 18.9 Å². The predicted molar refractivity (Wildman–Crippen MR) is 60.3 cm³/mol. The lowest BCUT2D eigenvalue weighted by Gasteiger charge is -1.98. The van der Waals surface area contributed by atoms with Gasteiger partial charge in [0.15, 0.2) is 0 Å². The highest BCUT2D eigenvalue weighted by molar-refractivity contribution is 5.62. The van der Waals surface area contributed by atoms with Crippen LogP contribution in [0, 0.1) is 0 Å². The van der Waals surface area contributed by atoms with Gasteiger partial charge in [0.2, 0.25) is 0 Å². The van der Waals surface area contributed by atoms with Crippen LogP contribution in [0.2, 0.25) is 0 Å². The molecule has 15 heavy (non-hydrogen) atoms. The largest absolute Gasteiger partial charge is 0.384 e. The van der Waals surface area contributed by atoms with Crippen LogP contribution in [0.3, 0.4) is 0 Å². The highest BCUT2D eigenvalue weighted by Crippen LogP contribution is 2.37. The molecule has 0 amide bonds. The number of anilines is 1. The topological polar surface area (TPSA) is 43.8 Å². The Balaban J connectivity index is 2.02. The second kappa shape index (κ2) is 3.12. The predicted octanol–water partition coefficient (Wildman–Crippen LogP) is 2.47. The molecule has 1 heterocycles. The highest BCUT2D eigenvalue weighted by Gasteiger charge is 2.26. The van der Waals surface area contributed by atoms with Crippen LogP contribution in [-0.2, 0) is 0 Å². The second-order valence-electron chi connectivity index (χ2n) is 4.00. The number of rotatable bonds is 2. The van der Waals surface area contributed by atoms with E-state index in [1.165, 1.54) is 12.8 Å². The van der Waals surface area contributed by atoms with Gasteiger partial charge >= 0.3 is 0 Å². The van der Waals surface area contributed by atoms with Crippen molar-refractivity contribution in [2.45, 2.75) is 18.9 Å². The Morgan fingerprint density at radius 2 is 1.93 bits per heavy atom. The Bertz CT molecular complexity index is 469. The van der Waals surface area contributed by atoms with Crippen molar-refractivity contribution < 1.29 is 0 Å². The molecule has 1 aromatic heterocycles. The van der Waals surface area contributed by atoms with E-state index in [4.69, 9.17) is 5.73 Å². The summed E-state index contributed by atoms with van der Waals surface area (Å²) in [7, 11) is 0. The monoisotopic (exact) mass is 199 g/mol. The first-order valence-electron chi connectivity index (χ1n) is 5.25. The summed E-state index contributed by atoms with van der Waals surface area (Å²) in [6.07, 6.45) is 2.42. The van der Waals surface area contributed by atoms with Gasteiger partial charge in [0.1, 0.15) is 5.82 Å². The van der Waals surface area contributed by atoms with Gasteiger partial charge in [0.25, 0.3) is 0 Å². The molecule has 0 aliphatic heterocycles. The number of nitrogens with zero attached hydrogens (tertiary/aromatic N) is 2. The Hall–Kier alpha value is -1.77. The number of aromatic nitrogens is 2. The first-order chi connectivity index (χ1) is 7.34. The third kappa shape index (κ3) is 1.50. The SMILES string of the molecule is Nc1cc(-c2ccccc2)nn1C1CC1. The van der Waals surface area contributed by atoms with Crippen LogP contribution < -0.4 is 5.73 Å². The Kier molecular flexibility index (Phi) is 1.78. The van der Waals surface area contributed by atoms with Crippen molar-refractivity contribution in [2.24, 2.45) is 0 Å². The molecule has 2 aromatic rings. The summed E-state index contributed by atoms with van der Waals surface area (Å²) in [5.74, 6) is 0.774. The van der Waals surface area contributed by atoms with Gasteiger partial charge in [-0.15, -0.1) is 0 Å². The Labute approximate surface area is 88.5 Å². The number of nitrogen functional groups attached to an aromatic ring is 1. The lowest BCUT2D eigenvalue weighted by molar-refractivity contribution is 0.654. The van der Waals surface area contributed by atoms with E-state index in [1.54, 1.807) is 0 Å². The van der Waals surface area contributed by atoms with E-state index in [1.807, 2.05) is 28.9 Å². The van der Waals surface area contributed by atoms with E-state index < -0.39 is 0 Å². The average Bonchev–Trinajstić information content (AvgIpc) is 3.04. The Morgan fingerprint density at radius 1 is 1.20 bits per heavy atom. The molecule has 76 valence electrons. The van der Waals surface area contributed by atoms with Gasteiger partial charge in [-0.2, -0.15) is 5.10 Å². The number of nitrogens with two attached hydrogens (primary N) is 1. The molecule has 0 atom stereocenters. The Morgan fingerprint density at radius 3 is 2.60 bits per heavy atom. The third-order valence-corrected chi connectivity index (χ3v) is 2.73. The number of hydrogen-bond donors (Lipinski definition) is 1. The molecule has 1 aliphatic rings. The number of hydrogen-bond acceptors (Lipinski definition) is 2. The fourth-order valence-electron chi connectivity index (χ4n) is 1.77. The second-order valence-corrected chi connectivity index (χ2v) is 4.00. The summed E-state index contributed by atoms with van der Waals surface area (Å²) in [6.45, 7) is 0. The van der Waals surface area contributed by atoms with Gasteiger partial charge in [0, 0.05) is 11.6 Å². The molecule has 1 fully saturated rings. The van der Waals surface area contributed by atoms with E-state index in [-0.39, 0.29) is 0 Å². The van der Waals surface area contributed by atoms with Crippen LogP contribution in [0.4, 0.5) is 5.82 Å². The maximum absolute atomic E-state index is 5.92. The van der Waals surface area contributed by atoms with Gasteiger partial charge in [0.05, 0.1) is 11.7 Å². The van der Waals surface area contributed by atoms with E-state index in [2.05, 4.69) is 17.2 Å².